The lowest BCUT2D eigenvalue weighted by atomic mass is 10.1. The number of aromatic nitrogens is 1. The number of amides is 1. The van der Waals surface area contributed by atoms with Gasteiger partial charge in [-0.2, -0.15) is 17.5 Å². The van der Waals surface area contributed by atoms with E-state index in [0.29, 0.717) is 25.2 Å². The fourth-order valence-corrected chi connectivity index (χ4v) is 6.35. The number of sulfonamides is 1. The highest BCUT2D eigenvalue weighted by Gasteiger charge is 2.32. The smallest absolute Gasteiger partial charge is 0.417 e. The van der Waals surface area contributed by atoms with Gasteiger partial charge in [0.1, 0.15) is 11.4 Å². The Kier molecular flexibility index (Phi) is 8.83. The normalized spacial score (nSPS) is 19.8. The van der Waals surface area contributed by atoms with Crippen molar-refractivity contribution in [3.63, 3.8) is 0 Å². The predicted molar refractivity (Wildman–Crippen MR) is 146 cm³/mol. The average molecular weight is 584 g/mol. The Balaban J connectivity index is 1.30. The number of piperidine rings is 2. The van der Waals surface area contributed by atoms with Crippen molar-refractivity contribution in [2.24, 2.45) is 0 Å². The first-order valence-corrected chi connectivity index (χ1v) is 14.8. The van der Waals surface area contributed by atoms with Crippen LogP contribution in [-0.2, 0) is 20.9 Å². The van der Waals surface area contributed by atoms with Crippen LogP contribution in [0.5, 0.6) is 0 Å². The van der Waals surface area contributed by atoms with Gasteiger partial charge < -0.3 is 20.3 Å². The maximum atomic E-state index is 13.3. The first-order valence-electron chi connectivity index (χ1n) is 13.4. The van der Waals surface area contributed by atoms with Crippen molar-refractivity contribution in [3.05, 3.63) is 48.2 Å². The van der Waals surface area contributed by atoms with E-state index in [2.05, 4.69) is 20.5 Å². The molecular weight excluding hydrogens is 547 g/mol. The number of rotatable bonds is 6. The van der Waals surface area contributed by atoms with E-state index in [9.17, 15) is 26.4 Å². The summed E-state index contributed by atoms with van der Waals surface area (Å²) in [4.78, 5) is 18.3. The van der Waals surface area contributed by atoms with Crippen LogP contribution >= 0.6 is 0 Å². The third kappa shape index (κ3) is 7.78. The zero-order chi connectivity index (χ0) is 29.1. The van der Waals surface area contributed by atoms with Gasteiger partial charge in [-0.25, -0.2) is 18.2 Å². The molecule has 4 rings (SSSR count). The number of carbonyl (C=O) groups is 1. The fraction of sp³-hybridized carbons (Fsp3) is 0.556. The van der Waals surface area contributed by atoms with Crippen LogP contribution in [0, 0.1) is 0 Å². The van der Waals surface area contributed by atoms with Crippen LogP contribution in [0.25, 0.3) is 0 Å². The summed E-state index contributed by atoms with van der Waals surface area (Å²) in [5.74, 6) is 0.325. The van der Waals surface area contributed by atoms with E-state index in [1.807, 2.05) is 20.8 Å². The number of nitrogens with one attached hydrogen (secondary N) is 2. The molecule has 13 heteroatoms. The van der Waals surface area contributed by atoms with Gasteiger partial charge in [0.05, 0.1) is 10.5 Å². The molecular formula is C27H36F3N5O4S. The largest absolute Gasteiger partial charge is 0.444 e. The Morgan fingerprint density at radius 1 is 0.975 bits per heavy atom. The molecule has 40 heavy (non-hydrogen) atoms. The lowest BCUT2D eigenvalue weighted by Gasteiger charge is -2.35. The number of ether oxygens (including phenoxy) is 1. The topological polar surface area (TPSA) is 104 Å². The van der Waals surface area contributed by atoms with Crippen LogP contribution in [0.1, 0.15) is 52.0 Å². The van der Waals surface area contributed by atoms with Gasteiger partial charge in [-0.05, 0) is 82.9 Å². The molecule has 0 radical (unpaired) electrons. The van der Waals surface area contributed by atoms with Crippen LogP contribution < -0.4 is 15.5 Å². The molecule has 1 amide bonds. The zero-order valence-electron chi connectivity index (χ0n) is 22.9. The number of hydrogen-bond donors (Lipinski definition) is 2. The molecule has 1 aromatic carbocycles. The fourth-order valence-electron chi connectivity index (χ4n) is 4.88. The van der Waals surface area contributed by atoms with Crippen molar-refractivity contribution in [3.8, 4) is 0 Å². The summed E-state index contributed by atoms with van der Waals surface area (Å²) in [6.45, 7) is 7.41. The second kappa shape index (κ2) is 11.8. The average Bonchev–Trinajstić information content (AvgIpc) is 2.88. The number of benzene rings is 1. The SMILES string of the molecule is CC(C)(C)OC(=O)N[C@H]1CCCN(c2ccc(S(=O)(=O)N3CCC(Nc4ccc(C(F)(F)F)cn4)CC3)cc2)C1. The van der Waals surface area contributed by atoms with Crippen LogP contribution in [0.2, 0.25) is 0 Å². The van der Waals surface area contributed by atoms with Gasteiger partial charge in [-0.15, -0.1) is 0 Å². The molecule has 2 saturated heterocycles. The maximum Gasteiger partial charge on any atom is 0.417 e. The number of alkyl halides is 3. The monoisotopic (exact) mass is 583 g/mol. The quantitative estimate of drug-likeness (QED) is 0.501. The molecule has 2 fully saturated rings. The van der Waals surface area contributed by atoms with Crippen LogP contribution in [0.15, 0.2) is 47.5 Å². The van der Waals surface area contributed by atoms with Crippen molar-refractivity contribution >= 4 is 27.6 Å². The van der Waals surface area contributed by atoms with E-state index in [-0.39, 0.29) is 30.1 Å². The molecule has 2 aromatic rings. The van der Waals surface area contributed by atoms with Gasteiger partial charge >= 0.3 is 12.3 Å². The molecule has 9 nitrogen and oxygen atoms in total. The number of hydrogen-bond acceptors (Lipinski definition) is 7. The number of carbonyl (C=O) groups excluding carboxylic acids is 1. The van der Waals surface area contributed by atoms with E-state index in [1.165, 1.54) is 10.4 Å². The van der Waals surface area contributed by atoms with Crippen molar-refractivity contribution in [2.75, 3.05) is 36.4 Å². The summed E-state index contributed by atoms with van der Waals surface area (Å²) >= 11 is 0. The van der Waals surface area contributed by atoms with E-state index < -0.39 is 33.5 Å². The highest BCUT2D eigenvalue weighted by Crippen LogP contribution is 2.30. The third-order valence-corrected chi connectivity index (χ3v) is 8.79. The molecule has 2 N–H and O–H groups in total. The zero-order valence-corrected chi connectivity index (χ0v) is 23.7. The molecule has 0 saturated carbocycles. The summed E-state index contributed by atoms with van der Waals surface area (Å²) < 4.78 is 71.6. The number of nitrogens with zero attached hydrogens (tertiary/aromatic N) is 3. The molecule has 2 aliphatic rings. The van der Waals surface area contributed by atoms with Crippen molar-refractivity contribution in [1.82, 2.24) is 14.6 Å². The van der Waals surface area contributed by atoms with Crippen LogP contribution in [-0.4, -0.2) is 67.7 Å². The van der Waals surface area contributed by atoms with Crippen molar-refractivity contribution < 1.29 is 31.1 Å². The number of alkyl carbamates (subject to hydrolysis) is 1. The second-order valence-electron chi connectivity index (χ2n) is 11.2. The Bertz CT molecular complexity index is 1260. The minimum Gasteiger partial charge on any atom is -0.444 e. The Hall–Kier alpha value is -3.06. The van der Waals surface area contributed by atoms with Gasteiger partial charge in [0.2, 0.25) is 10.0 Å². The van der Waals surface area contributed by atoms with Crippen molar-refractivity contribution in [2.45, 2.75) is 75.2 Å². The Morgan fingerprint density at radius 3 is 2.23 bits per heavy atom. The minimum atomic E-state index is -4.45. The van der Waals surface area contributed by atoms with Gasteiger partial charge in [0.15, 0.2) is 0 Å². The molecule has 1 aromatic heterocycles. The molecule has 2 aliphatic heterocycles. The van der Waals surface area contributed by atoms with E-state index in [4.69, 9.17) is 4.74 Å². The lowest BCUT2D eigenvalue weighted by Crippen LogP contribution is -2.49. The molecule has 3 heterocycles. The Morgan fingerprint density at radius 2 is 1.65 bits per heavy atom. The lowest BCUT2D eigenvalue weighted by molar-refractivity contribution is -0.137. The third-order valence-electron chi connectivity index (χ3n) is 6.88. The molecule has 0 unspecified atom stereocenters. The summed E-state index contributed by atoms with van der Waals surface area (Å²) in [5, 5.41) is 6.02. The van der Waals surface area contributed by atoms with E-state index in [1.54, 1.807) is 24.3 Å². The first-order chi connectivity index (χ1) is 18.7. The number of pyridine rings is 1. The first kappa shape index (κ1) is 29.9. The summed E-state index contributed by atoms with van der Waals surface area (Å²) in [7, 11) is -3.70. The maximum absolute atomic E-state index is 13.3. The number of anilines is 2. The van der Waals surface area contributed by atoms with Gasteiger partial charge in [0, 0.05) is 50.1 Å². The highest BCUT2D eigenvalue weighted by molar-refractivity contribution is 7.89. The molecule has 0 spiro atoms. The molecule has 1 atom stereocenters. The van der Waals surface area contributed by atoms with Crippen molar-refractivity contribution in [1.29, 1.82) is 0 Å². The second-order valence-corrected chi connectivity index (χ2v) is 13.1. The molecule has 0 aliphatic carbocycles. The predicted octanol–water partition coefficient (Wildman–Crippen LogP) is 4.86. The van der Waals surface area contributed by atoms with Crippen LogP contribution in [0.3, 0.4) is 0 Å². The summed E-state index contributed by atoms with van der Waals surface area (Å²) in [5.41, 5.74) is -0.515. The van der Waals surface area contributed by atoms with E-state index in [0.717, 1.165) is 37.3 Å². The van der Waals surface area contributed by atoms with E-state index >= 15 is 0 Å². The summed E-state index contributed by atoms with van der Waals surface area (Å²) in [6, 6.07) is 8.86. The van der Waals surface area contributed by atoms with Crippen LogP contribution in [0.4, 0.5) is 29.5 Å². The molecule has 220 valence electrons. The molecule has 0 bridgehead atoms. The van der Waals surface area contributed by atoms with Gasteiger partial charge in [0.25, 0.3) is 0 Å². The summed E-state index contributed by atoms with van der Waals surface area (Å²) in [6.07, 6.45) is -1.39. The minimum absolute atomic E-state index is 0.0697. The van der Waals surface area contributed by atoms with Gasteiger partial charge in [-0.1, -0.05) is 0 Å². The Labute approximate surface area is 233 Å². The standard InChI is InChI=1S/C27H36F3N5O4S/c1-26(2,3)39-25(36)33-21-5-4-14-34(18-21)22-7-9-23(10-8-22)40(37,38)35-15-12-20(13-16-35)32-24-11-6-19(17-31-24)27(28,29)30/h6-11,17,20-21H,4-5,12-16,18H2,1-3H3,(H,31,32)(H,33,36)/t21-/m0/s1. The highest BCUT2D eigenvalue weighted by atomic mass is 32.2. The van der Waals surface area contributed by atoms with Gasteiger partial charge in [-0.3, -0.25) is 0 Å². The number of halogens is 3.